The average Bonchev–Trinajstić information content (AvgIpc) is 2.92. The first-order chi connectivity index (χ1) is 17.6. The Bertz CT molecular complexity index is 1220. The van der Waals surface area contributed by atoms with Gasteiger partial charge in [-0.05, 0) is 77.0 Å². The molecule has 4 N–H and O–H groups in total. The molecule has 4 aromatic carbocycles. The Morgan fingerprint density at radius 2 is 1.42 bits per heavy atom. The fourth-order valence-corrected chi connectivity index (χ4v) is 5.54. The highest BCUT2D eigenvalue weighted by Crippen LogP contribution is 2.39. The Morgan fingerprint density at radius 3 is 2.03 bits per heavy atom. The van der Waals surface area contributed by atoms with E-state index in [0.717, 1.165) is 36.2 Å². The number of phenolic OH excluding ortho intramolecular Hbond substituents is 2. The Hall–Kier alpha value is -3.60. The van der Waals surface area contributed by atoms with Crippen molar-refractivity contribution in [3.63, 3.8) is 0 Å². The molecular weight excluding hydrogens is 444 g/mol. The van der Waals surface area contributed by atoms with Gasteiger partial charge in [0.2, 0.25) is 0 Å². The van der Waals surface area contributed by atoms with Gasteiger partial charge in [-0.1, -0.05) is 79.2 Å². The van der Waals surface area contributed by atoms with Crippen molar-refractivity contribution in [3.05, 3.63) is 130 Å². The van der Waals surface area contributed by atoms with Crippen LogP contribution in [0.3, 0.4) is 0 Å². The van der Waals surface area contributed by atoms with Crippen LogP contribution in [0.15, 0.2) is 97.1 Å². The second kappa shape index (κ2) is 11.0. The fraction of sp³-hybridized carbons (Fsp3) is 0.250. The van der Waals surface area contributed by atoms with E-state index in [-0.39, 0.29) is 17.4 Å². The van der Waals surface area contributed by atoms with Crippen LogP contribution in [-0.2, 0) is 13.1 Å². The quantitative estimate of drug-likeness (QED) is 0.267. The van der Waals surface area contributed by atoms with Crippen LogP contribution in [0.5, 0.6) is 11.5 Å². The van der Waals surface area contributed by atoms with Crippen molar-refractivity contribution in [3.8, 4) is 11.5 Å². The van der Waals surface area contributed by atoms with Crippen molar-refractivity contribution in [2.75, 3.05) is 6.54 Å². The number of likely N-dealkylation sites (tertiary alicyclic amines) is 1. The van der Waals surface area contributed by atoms with Gasteiger partial charge in [-0.3, -0.25) is 4.90 Å². The first-order valence-electron chi connectivity index (χ1n) is 12.8. The van der Waals surface area contributed by atoms with Crippen LogP contribution in [0.2, 0.25) is 0 Å². The van der Waals surface area contributed by atoms with E-state index in [9.17, 15) is 10.2 Å². The maximum atomic E-state index is 9.92. The van der Waals surface area contributed by atoms with Crippen LogP contribution in [0, 0.1) is 0 Å². The number of nitrogens with two attached hydrogens (primary N) is 1. The molecule has 36 heavy (non-hydrogen) atoms. The molecular formula is C32H34N2O2. The summed E-state index contributed by atoms with van der Waals surface area (Å²) in [5.74, 6) is 0.431. The van der Waals surface area contributed by atoms with Crippen molar-refractivity contribution in [2.45, 2.75) is 44.3 Å². The number of rotatable bonds is 7. The highest BCUT2D eigenvalue weighted by atomic mass is 16.3. The van der Waals surface area contributed by atoms with Gasteiger partial charge >= 0.3 is 0 Å². The van der Waals surface area contributed by atoms with Crippen molar-refractivity contribution in [1.82, 2.24) is 4.90 Å². The lowest BCUT2D eigenvalue weighted by molar-refractivity contribution is 0.140. The van der Waals surface area contributed by atoms with Gasteiger partial charge in [0.15, 0.2) is 0 Å². The van der Waals surface area contributed by atoms with E-state index in [1.807, 2.05) is 24.3 Å². The Balaban J connectivity index is 1.57. The minimum Gasteiger partial charge on any atom is -0.508 e. The summed E-state index contributed by atoms with van der Waals surface area (Å²) in [7, 11) is 0. The highest BCUT2D eigenvalue weighted by Gasteiger charge is 2.27. The molecule has 1 aliphatic heterocycles. The van der Waals surface area contributed by atoms with E-state index in [4.69, 9.17) is 5.73 Å². The minimum absolute atomic E-state index is 0.0594. The second-order valence-electron chi connectivity index (χ2n) is 9.75. The molecule has 0 amide bonds. The van der Waals surface area contributed by atoms with Crippen LogP contribution in [0.1, 0.15) is 64.6 Å². The molecule has 5 rings (SSSR count). The van der Waals surface area contributed by atoms with Gasteiger partial charge in [-0.15, -0.1) is 0 Å². The molecule has 1 saturated heterocycles. The summed E-state index contributed by atoms with van der Waals surface area (Å²) in [5, 5.41) is 19.8. The van der Waals surface area contributed by atoms with Crippen molar-refractivity contribution < 1.29 is 10.2 Å². The third kappa shape index (κ3) is 5.30. The Labute approximate surface area is 213 Å². The first-order valence-corrected chi connectivity index (χ1v) is 12.8. The lowest BCUT2D eigenvalue weighted by atomic mass is 9.81. The van der Waals surface area contributed by atoms with E-state index in [1.54, 1.807) is 24.3 Å². The van der Waals surface area contributed by atoms with E-state index in [2.05, 4.69) is 53.4 Å². The van der Waals surface area contributed by atoms with Gasteiger partial charge in [0.1, 0.15) is 11.5 Å². The maximum Gasteiger partial charge on any atom is 0.115 e. The first kappa shape index (κ1) is 24.1. The lowest BCUT2D eigenvalue weighted by Gasteiger charge is -2.37. The van der Waals surface area contributed by atoms with E-state index in [0.29, 0.717) is 12.6 Å². The summed E-state index contributed by atoms with van der Waals surface area (Å²) in [5.41, 5.74) is 13.4. The molecule has 1 fully saturated rings. The molecule has 1 unspecified atom stereocenters. The van der Waals surface area contributed by atoms with E-state index in [1.165, 1.54) is 29.5 Å². The van der Waals surface area contributed by atoms with E-state index < -0.39 is 0 Å². The maximum absolute atomic E-state index is 9.92. The molecule has 0 spiro atoms. The summed E-state index contributed by atoms with van der Waals surface area (Å²) in [6.45, 7) is 2.48. The van der Waals surface area contributed by atoms with Gasteiger partial charge in [0.25, 0.3) is 0 Å². The largest absolute Gasteiger partial charge is 0.508 e. The molecule has 1 heterocycles. The number of aromatic hydroxyl groups is 2. The summed E-state index contributed by atoms with van der Waals surface area (Å²) < 4.78 is 0. The average molecular weight is 479 g/mol. The lowest BCUT2D eigenvalue weighted by Crippen LogP contribution is -2.33. The number of piperidine rings is 1. The second-order valence-corrected chi connectivity index (χ2v) is 9.75. The molecule has 4 aromatic rings. The standard InChI is InChI=1S/C32H34N2O2/c33-21-27-10-9-26(31-8-4-5-19-34(31)22-23-6-2-1-3-7-23)20-30(27)32(24-11-15-28(35)16-12-24)25-13-17-29(36)18-14-25/h1-3,6-7,9-18,20,31-32,35-36H,4-5,8,19,21-22,33H2. The normalized spacial score (nSPS) is 16.3. The number of nitrogens with zero attached hydrogens (tertiary/aromatic N) is 1. The zero-order valence-corrected chi connectivity index (χ0v) is 20.6. The smallest absolute Gasteiger partial charge is 0.115 e. The van der Waals surface area contributed by atoms with Gasteiger partial charge in [-0.2, -0.15) is 0 Å². The molecule has 0 saturated carbocycles. The predicted molar refractivity (Wildman–Crippen MR) is 145 cm³/mol. The van der Waals surface area contributed by atoms with Crippen LogP contribution in [0.25, 0.3) is 0 Å². The topological polar surface area (TPSA) is 69.7 Å². The zero-order chi connectivity index (χ0) is 24.9. The Kier molecular flexibility index (Phi) is 7.36. The molecule has 184 valence electrons. The van der Waals surface area contributed by atoms with Crippen molar-refractivity contribution >= 4 is 0 Å². The third-order valence-corrected chi connectivity index (χ3v) is 7.38. The van der Waals surface area contributed by atoms with Crippen LogP contribution in [-0.4, -0.2) is 21.7 Å². The summed E-state index contributed by atoms with van der Waals surface area (Å²) in [4.78, 5) is 2.61. The molecule has 0 aliphatic carbocycles. The molecule has 1 aliphatic rings. The van der Waals surface area contributed by atoms with Crippen molar-refractivity contribution in [1.29, 1.82) is 0 Å². The highest BCUT2D eigenvalue weighted by molar-refractivity contribution is 5.49. The van der Waals surface area contributed by atoms with Gasteiger partial charge < -0.3 is 15.9 Å². The molecule has 0 aromatic heterocycles. The summed E-state index contributed by atoms with van der Waals surface area (Å²) in [6.07, 6.45) is 3.58. The van der Waals surface area contributed by atoms with Crippen LogP contribution < -0.4 is 5.73 Å². The van der Waals surface area contributed by atoms with Crippen LogP contribution >= 0.6 is 0 Å². The minimum atomic E-state index is -0.0594. The fourth-order valence-electron chi connectivity index (χ4n) is 5.54. The number of benzene rings is 4. The SMILES string of the molecule is NCc1ccc(C2CCCCN2Cc2ccccc2)cc1C(c1ccc(O)cc1)c1ccc(O)cc1. The molecule has 4 nitrogen and oxygen atoms in total. The summed E-state index contributed by atoms with van der Waals surface area (Å²) >= 11 is 0. The number of hydrogen-bond acceptors (Lipinski definition) is 4. The van der Waals surface area contributed by atoms with Crippen molar-refractivity contribution in [2.24, 2.45) is 5.73 Å². The third-order valence-electron chi connectivity index (χ3n) is 7.38. The van der Waals surface area contributed by atoms with Gasteiger partial charge in [0.05, 0.1) is 0 Å². The van der Waals surface area contributed by atoms with Crippen LogP contribution in [0.4, 0.5) is 0 Å². The molecule has 1 atom stereocenters. The van der Waals surface area contributed by atoms with E-state index >= 15 is 0 Å². The zero-order valence-electron chi connectivity index (χ0n) is 20.6. The molecule has 0 bridgehead atoms. The molecule has 0 radical (unpaired) electrons. The number of hydrogen-bond donors (Lipinski definition) is 3. The Morgan fingerprint density at radius 1 is 0.778 bits per heavy atom. The van der Waals surface area contributed by atoms with Gasteiger partial charge in [0, 0.05) is 25.0 Å². The summed E-state index contributed by atoms with van der Waals surface area (Å²) in [6, 6.07) is 32.7. The van der Waals surface area contributed by atoms with Gasteiger partial charge in [-0.25, -0.2) is 0 Å². The number of phenols is 2. The monoisotopic (exact) mass is 478 g/mol. The predicted octanol–water partition coefficient (Wildman–Crippen LogP) is 6.46. The molecule has 4 heteroatoms.